The summed E-state index contributed by atoms with van der Waals surface area (Å²) in [5.74, 6) is 0.935. The average Bonchev–Trinajstić information content (AvgIpc) is 3.03. The molecular formula is C21H26N4O3. The summed E-state index contributed by atoms with van der Waals surface area (Å²) < 4.78 is 13.4. The van der Waals surface area contributed by atoms with Gasteiger partial charge < -0.3 is 19.4 Å². The molecule has 1 aliphatic heterocycles. The van der Waals surface area contributed by atoms with Gasteiger partial charge in [-0.3, -0.25) is 4.98 Å². The lowest BCUT2D eigenvalue weighted by atomic mass is 10.1. The van der Waals surface area contributed by atoms with Gasteiger partial charge in [0.25, 0.3) is 0 Å². The lowest BCUT2D eigenvalue weighted by Crippen LogP contribution is -2.33. The van der Waals surface area contributed by atoms with E-state index in [-0.39, 0.29) is 12.1 Å². The van der Waals surface area contributed by atoms with Crippen LogP contribution >= 0.6 is 0 Å². The first-order valence-electron chi connectivity index (χ1n) is 9.71. The van der Waals surface area contributed by atoms with Gasteiger partial charge in [0.1, 0.15) is 23.5 Å². The molecule has 4 rings (SSSR count). The number of carbonyl (C=O) groups is 1. The normalized spacial score (nSPS) is 16.9. The molecule has 2 aromatic heterocycles. The molecule has 0 radical (unpaired) electrons. The first-order chi connectivity index (χ1) is 13.4. The van der Waals surface area contributed by atoms with Crippen LogP contribution < -0.4 is 5.32 Å². The van der Waals surface area contributed by atoms with Crippen LogP contribution in [-0.2, 0) is 16.1 Å². The van der Waals surface area contributed by atoms with Crippen LogP contribution in [-0.4, -0.2) is 39.4 Å². The fourth-order valence-electron chi connectivity index (χ4n) is 3.68. The second-order valence-corrected chi connectivity index (χ2v) is 8.15. The number of hydrogen-bond acceptors (Lipinski definition) is 5. The van der Waals surface area contributed by atoms with Crippen LogP contribution in [0, 0.1) is 0 Å². The topological polar surface area (TPSA) is 78.3 Å². The molecule has 0 fully saturated rings. The minimum absolute atomic E-state index is 0.181. The van der Waals surface area contributed by atoms with Gasteiger partial charge in [0.15, 0.2) is 0 Å². The molecule has 0 spiro atoms. The fourth-order valence-corrected chi connectivity index (χ4v) is 3.68. The summed E-state index contributed by atoms with van der Waals surface area (Å²) in [4.78, 5) is 21.1. The number of rotatable bonds is 4. The molecule has 1 aromatic carbocycles. The van der Waals surface area contributed by atoms with E-state index in [1.54, 1.807) is 0 Å². The van der Waals surface area contributed by atoms with Gasteiger partial charge >= 0.3 is 6.09 Å². The van der Waals surface area contributed by atoms with Crippen molar-refractivity contribution in [1.82, 2.24) is 19.9 Å². The number of amides is 1. The molecule has 0 aliphatic carbocycles. The Hall–Kier alpha value is -2.67. The van der Waals surface area contributed by atoms with Gasteiger partial charge in [-0.05, 0) is 39.7 Å². The summed E-state index contributed by atoms with van der Waals surface area (Å²) in [5, 5.41) is 3.94. The minimum Gasteiger partial charge on any atom is -0.444 e. The second-order valence-electron chi connectivity index (χ2n) is 8.15. The molecule has 148 valence electrons. The maximum atomic E-state index is 11.8. The molecule has 1 amide bonds. The van der Waals surface area contributed by atoms with Crippen LogP contribution in [0.2, 0.25) is 0 Å². The highest BCUT2D eigenvalue weighted by Crippen LogP contribution is 2.32. The largest absolute Gasteiger partial charge is 0.444 e. The van der Waals surface area contributed by atoms with Crippen molar-refractivity contribution in [2.24, 2.45) is 0 Å². The number of benzene rings is 1. The number of nitrogens with one attached hydrogen (secondary N) is 1. The van der Waals surface area contributed by atoms with E-state index in [4.69, 9.17) is 14.5 Å². The molecule has 1 aliphatic rings. The maximum absolute atomic E-state index is 11.8. The van der Waals surface area contributed by atoms with E-state index in [9.17, 15) is 4.79 Å². The summed E-state index contributed by atoms with van der Waals surface area (Å²) in [6.45, 7) is 7.29. The zero-order valence-electron chi connectivity index (χ0n) is 16.6. The number of carbonyl (C=O) groups excluding carboxylic acids is 1. The van der Waals surface area contributed by atoms with Crippen molar-refractivity contribution in [2.45, 2.75) is 51.9 Å². The Morgan fingerprint density at radius 1 is 1.32 bits per heavy atom. The zero-order valence-corrected chi connectivity index (χ0v) is 16.6. The molecule has 1 N–H and O–H groups in total. The molecule has 1 unspecified atom stereocenters. The van der Waals surface area contributed by atoms with Gasteiger partial charge in [0, 0.05) is 11.9 Å². The first kappa shape index (κ1) is 18.7. The third-order valence-corrected chi connectivity index (χ3v) is 4.79. The van der Waals surface area contributed by atoms with Crippen molar-refractivity contribution in [1.29, 1.82) is 0 Å². The Balaban J connectivity index is 1.51. The highest BCUT2D eigenvalue weighted by atomic mass is 16.6. The van der Waals surface area contributed by atoms with Crippen LogP contribution in [0.3, 0.4) is 0 Å². The summed E-state index contributed by atoms with van der Waals surface area (Å²) in [6.07, 6.45) is 3.17. The highest BCUT2D eigenvalue weighted by Gasteiger charge is 2.25. The van der Waals surface area contributed by atoms with Crippen LogP contribution in [0.4, 0.5) is 4.79 Å². The van der Waals surface area contributed by atoms with Gasteiger partial charge in [0.05, 0.1) is 29.9 Å². The molecule has 0 bridgehead atoms. The smallest absolute Gasteiger partial charge is 0.407 e. The lowest BCUT2D eigenvalue weighted by molar-refractivity contribution is 0.0496. The van der Waals surface area contributed by atoms with Crippen molar-refractivity contribution in [3.63, 3.8) is 0 Å². The zero-order chi connectivity index (χ0) is 19.7. The Kier molecular flexibility index (Phi) is 4.93. The maximum Gasteiger partial charge on any atom is 0.407 e. The number of nitrogens with zero attached hydrogens (tertiary/aromatic N) is 3. The van der Waals surface area contributed by atoms with Gasteiger partial charge in [-0.1, -0.05) is 18.2 Å². The number of para-hydroxylation sites is 1. The average molecular weight is 382 g/mol. The number of alkyl carbamates (subject to hydrolysis) is 1. The molecule has 0 saturated carbocycles. The van der Waals surface area contributed by atoms with Gasteiger partial charge in [-0.25, -0.2) is 9.78 Å². The van der Waals surface area contributed by atoms with Crippen molar-refractivity contribution in [3.8, 4) is 0 Å². The lowest BCUT2D eigenvalue weighted by Gasteiger charge is -2.26. The van der Waals surface area contributed by atoms with E-state index in [2.05, 4.69) is 20.9 Å². The summed E-state index contributed by atoms with van der Waals surface area (Å²) in [6, 6.07) is 8.32. The highest BCUT2D eigenvalue weighted by molar-refractivity contribution is 6.02. The molecule has 1 atom stereocenters. The molecule has 28 heavy (non-hydrogen) atoms. The third kappa shape index (κ3) is 3.80. The minimum atomic E-state index is -0.485. The number of aromatic nitrogens is 3. The third-order valence-electron chi connectivity index (χ3n) is 4.79. The second kappa shape index (κ2) is 7.39. The van der Waals surface area contributed by atoms with Crippen LogP contribution in [0.15, 0.2) is 30.5 Å². The number of fused-ring (bicyclic) bond motifs is 5. The van der Waals surface area contributed by atoms with Gasteiger partial charge in [-0.15, -0.1) is 0 Å². The SMILES string of the molecule is CC(C)(C)OC(=O)NCCCC1COCc2nc3cnc4ccccc4c3n21. The summed E-state index contributed by atoms with van der Waals surface area (Å²) >= 11 is 0. The standard InChI is InChI=1S/C21H26N4O3/c1-21(2,3)28-20(26)22-10-6-7-14-12-27-13-18-24-17-11-23-16-9-5-4-8-15(16)19(17)25(14)18/h4-5,8-9,11,14H,6-7,10,12-13H2,1-3H3,(H,22,26). The molecule has 7 nitrogen and oxygen atoms in total. The number of imidazole rings is 1. The predicted octanol–water partition coefficient (Wildman–Crippen LogP) is 3.96. The molecule has 0 saturated heterocycles. The molecule has 3 aromatic rings. The van der Waals surface area contributed by atoms with E-state index >= 15 is 0 Å². The van der Waals surface area contributed by atoms with Gasteiger partial charge in [0.2, 0.25) is 0 Å². The van der Waals surface area contributed by atoms with E-state index in [1.165, 1.54) is 0 Å². The van der Waals surface area contributed by atoms with Crippen LogP contribution in [0.25, 0.3) is 21.9 Å². The van der Waals surface area contributed by atoms with Crippen molar-refractivity contribution >= 4 is 28.0 Å². The first-order valence-corrected chi connectivity index (χ1v) is 9.71. The van der Waals surface area contributed by atoms with Crippen LogP contribution in [0.5, 0.6) is 0 Å². The molecular weight excluding hydrogens is 356 g/mol. The Morgan fingerprint density at radius 2 is 2.14 bits per heavy atom. The Morgan fingerprint density at radius 3 is 2.96 bits per heavy atom. The fraction of sp³-hybridized carbons (Fsp3) is 0.476. The number of pyridine rings is 1. The Bertz CT molecular complexity index is 1010. The van der Waals surface area contributed by atoms with E-state index in [1.807, 2.05) is 45.2 Å². The number of ether oxygens (including phenoxy) is 2. The van der Waals surface area contributed by atoms with E-state index < -0.39 is 5.60 Å². The molecule has 3 heterocycles. The summed E-state index contributed by atoms with van der Waals surface area (Å²) in [5.41, 5.74) is 2.50. The van der Waals surface area contributed by atoms with Crippen molar-refractivity contribution in [2.75, 3.05) is 13.2 Å². The number of hydrogen-bond donors (Lipinski definition) is 1. The van der Waals surface area contributed by atoms with E-state index in [0.29, 0.717) is 19.8 Å². The van der Waals surface area contributed by atoms with Crippen LogP contribution in [0.1, 0.15) is 45.5 Å². The van der Waals surface area contributed by atoms with Crippen molar-refractivity contribution < 1.29 is 14.3 Å². The van der Waals surface area contributed by atoms with Gasteiger partial charge in [-0.2, -0.15) is 0 Å². The quantitative estimate of drug-likeness (QED) is 0.691. The van der Waals surface area contributed by atoms with Crippen molar-refractivity contribution in [3.05, 3.63) is 36.3 Å². The predicted molar refractivity (Wildman–Crippen MR) is 107 cm³/mol. The van der Waals surface area contributed by atoms with E-state index in [0.717, 1.165) is 40.6 Å². The molecule has 7 heteroatoms. The summed E-state index contributed by atoms with van der Waals surface area (Å²) in [7, 11) is 0. The Labute approximate surface area is 164 Å². The monoisotopic (exact) mass is 382 g/mol.